The van der Waals surface area contributed by atoms with Crippen LogP contribution in [0.15, 0.2) is 82.2 Å². The Morgan fingerprint density at radius 1 is 0.967 bits per heavy atom. The van der Waals surface area contributed by atoms with Gasteiger partial charge in [0, 0.05) is 19.8 Å². The number of halogens is 1. The summed E-state index contributed by atoms with van der Waals surface area (Å²) in [5.41, 5.74) is 2.61. The molecule has 3 rings (SSSR count). The number of benzene rings is 3. The van der Waals surface area contributed by atoms with Gasteiger partial charge in [-0.25, -0.2) is 12.7 Å². The summed E-state index contributed by atoms with van der Waals surface area (Å²) in [4.78, 5) is 12.4. The molecular formula is C22H21BrN2O4S. The molecule has 0 fully saturated rings. The standard InChI is InChI=1S/C22H21BrN2O4S/c1-25(2)30(27,28)19-11-9-18(10-12-19)24-22(26)15-29-21-13-8-17(14-20(21)23)16-6-4-3-5-7-16/h3-14H,15H2,1-2H3,(H,24,26). The fourth-order valence-corrected chi connectivity index (χ4v) is 4.08. The van der Waals surface area contributed by atoms with E-state index in [9.17, 15) is 13.2 Å². The van der Waals surface area contributed by atoms with E-state index in [0.29, 0.717) is 11.4 Å². The van der Waals surface area contributed by atoms with E-state index in [2.05, 4.69) is 21.2 Å². The van der Waals surface area contributed by atoms with Gasteiger partial charge in [-0.05, 0) is 63.5 Å². The largest absolute Gasteiger partial charge is 0.483 e. The van der Waals surface area contributed by atoms with Gasteiger partial charge in [0.2, 0.25) is 10.0 Å². The van der Waals surface area contributed by atoms with Gasteiger partial charge in [-0.1, -0.05) is 36.4 Å². The van der Waals surface area contributed by atoms with E-state index < -0.39 is 10.0 Å². The van der Waals surface area contributed by atoms with E-state index in [-0.39, 0.29) is 17.4 Å². The average Bonchev–Trinajstić information content (AvgIpc) is 2.73. The minimum Gasteiger partial charge on any atom is -0.483 e. The lowest BCUT2D eigenvalue weighted by molar-refractivity contribution is -0.118. The molecule has 30 heavy (non-hydrogen) atoms. The summed E-state index contributed by atoms with van der Waals surface area (Å²) in [6.07, 6.45) is 0. The highest BCUT2D eigenvalue weighted by Gasteiger charge is 2.17. The number of hydrogen-bond acceptors (Lipinski definition) is 4. The van der Waals surface area contributed by atoms with Crippen molar-refractivity contribution in [2.45, 2.75) is 4.90 Å². The second kappa shape index (κ2) is 9.42. The fourth-order valence-electron chi connectivity index (χ4n) is 2.69. The number of ether oxygens (including phenoxy) is 1. The molecule has 6 nitrogen and oxygen atoms in total. The van der Waals surface area contributed by atoms with Gasteiger partial charge in [0.05, 0.1) is 9.37 Å². The minimum atomic E-state index is -3.51. The van der Waals surface area contributed by atoms with Crippen molar-refractivity contribution in [2.24, 2.45) is 0 Å². The predicted molar refractivity (Wildman–Crippen MR) is 121 cm³/mol. The molecule has 0 aliphatic heterocycles. The van der Waals surface area contributed by atoms with E-state index >= 15 is 0 Å². The van der Waals surface area contributed by atoms with Gasteiger partial charge in [-0.15, -0.1) is 0 Å². The van der Waals surface area contributed by atoms with Crippen molar-refractivity contribution >= 4 is 37.5 Å². The van der Waals surface area contributed by atoms with Crippen LogP contribution in [0.1, 0.15) is 0 Å². The van der Waals surface area contributed by atoms with Crippen molar-refractivity contribution in [2.75, 3.05) is 26.0 Å². The van der Waals surface area contributed by atoms with Crippen molar-refractivity contribution in [3.8, 4) is 16.9 Å². The van der Waals surface area contributed by atoms with Crippen molar-refractivity contribution in [3.05, 3.63) is 77.3 Å². The maximum absolute atomic E-state index is 12.2. The maximum atomic E-state index is 12.2. The van der Waals surface area contributed by atoms with Gasteiger partial charge in [0.15, 0.2) is 6.61 Å². The van der Waals surface area contributed by atoms with Crippen LogP contribution in [-0.4, -0.2) is 39.3 Å². The maximum Gasteiger partial charge on any atom is 0.262 e. The highest BCUT2D eigenvalue weighted by molar-refractivity contribution is 9.10. The number of hydrogen-bond donors (Lipinski definition) is 1. The molecule has 3 aromatic rings. The molecule has 3 aromatic carbocycles. The lowest BCUT2D eigenvalue weighted by Crippen LogP contribution is -2.22. The minimum absolute atomic E-state index is 0.157. The Labute approximate surface area is 184 Å². The zero-order valence-corrected chi connectivity index (χ0v) is 18.9. The van der Waals surface area contributed by atoms with Crippen LogP contribution in [0.2, 0.25) is 0 Å². The first-order valence-corrected chi connectivity index (χ1v) is 11.3. The van der Waals surface area contributed by atoms with Gasteiger partial charge in [0.25, 0.3) is 5.91 Å². The van der Waals surface area contributed by atoms with Gasteiger partial charge in [-0.3, -0.25) is 4.79 Å². The number of sulfonamides is 1. The zero-order valence-electron chi connectivity index (χ0n) is 16.5. The molecular weight excluding hydrogens is 468 g/mol. The topological polar surface area (TPSA) is 75.7 Å². The Morgan fingerprint density at radius 2 is 1.63 bits per heavy atom. The number of carbonyl (C=O) groups is 1. The Bertz CT molecular complexity index is 1130. The third-order valence-corrected chi connectivity index (χ3v) is 6.76. The first-order valence-electron chi connectivity index (χ1n) is 9.07. The van der Waals surface area contributed by atoms with Crippen molar-refractivity contribution in [3.63, 3.8) is 0 Å². The average molecular weight is 489 g/mol. The van der Waals surface area contributed by atoms with Crippen LogP contribution in [0.5, 0.6) is 5.75 Å². The van der Waals surface area contributed by atoms with Gasteiger partial charge >= 0.3 is 0 Å². The first kappa shape index (κ1) is 22.0. The highest BCUT2D eigenvalue weighted by Crippen LogP contribution is 2.30. The van der Waals surface area contributed by atoms with Crippen LogP contribution in [0.3, 0.4) is 0 Å². The third kappa shape index (κ3) is 5.27. The van der Waals surface area contributed by atoms with Crippen LogP contribution < -0.4 is 10.1 Å². The molecule has 1 N–H and O–H groups in total. The Morgan fingerprint density at radius 3 is 2.23 bits per heavy atom. The van der Waals surface area contributed by atoms with Crippen LogP contribution in [0.25, 0.3) is 11.1 Å². The number of nitrogens with zero attached hydrogens (tertiary/aromatic N) is 1. The number of nitrogens with one attached hydrogen (secondary N) is 1. The molecule has 1 amide bonds. The van der Waals surface area contributed by atoms with E-state index in [1.807, 2.05) is 42.5 Å². The second-order valence-electron chi connectivity index (χ2n) is 6.66. The van der Waals surface area contributed by atoms with Gasteiger partial charge < -0.3 is 10.1 Å². The number of anilines is 1. The van der Waals surface area contributed by atoms with Gasteiger partial charge in [0.1, 0.15) is 5.75 Å². The molecule has 0 aliphatic rings. The van der Waals surface area contributed by atoms with Crippen molar-refractivity contribution < 1.29 is 17.9 Å². The molecule has 0 saturated heterocycles. The van der Waals surface area contributed by atoms with Crippen LogP contribution in [0, 0.1) is 0 Å². The predicted octanol–water partition coefficient (Wildman–Crippen LogP) is 4.38. The molecule has 0 aliphatic carbocycles. The van der Waals surface area contributed by atoms with Crippen LogP contribution >= 0.6 is 15.9 Å². The Hall–Kier alpha value is -2.68. The quantitative estimate of drug-likeness (QED) is 0.535. The summed E-state index contributed by atoms with van der Waals surface area (Å²) in [5.74, 6) is 0.203. The molecule has 0 heterocycles. The van der Waals surface area contributed by atoms with Crippen LogP contribution in [0.4, 0.5) is 5.69 Å². The molecule has 0 atom stereocenters. The smallest absolute Gasteiger partial charge is 0.262 e. The van der Waals surface area contributed by atoms with E-state index in [1.54, 1.807) is 18.2 Å². The SMILES string of the molecule is CN(C)S(=O)(=O)c1ccc(NC(=O)COc2ccc(-c3ccccc3)cc2Br)cc1. The molecule has 0 spiro atoms. The molecule has 156 valence electrons. The Balaban J connectivity index is 1.60. The molecule has 0 saturated carbocycles. The lowest BCUT2D eigenvalue weighted by Gasteiger charge is -2.12. The fraction of sp³-hybridized carbons (Fsp3) is 0.136. The normalized spacial score (nSPS) is 11.3. The summed E-state index contributed by atoms with van der Waals surface area (Å²) in [7, 11) is -0.576. The number of carbonyl (C=O) groups excluding carboxylic acids is 1. The molecule has 0 unspecified atom stereocenters. The number of rotatable bonds is 7. The number of amides is 1. The lowest BCUT2D eigenvalue weighted by atomic mass is 10.1. The van der Waals surface area contributed by atoms with E-state index in [4.69, 9.17) is 4.74 Å². The molecule has 8 heteroatoms. The zero-order chi connectivity index (χ0) is 21.7. The molecule has 0 aromatic heterocycles. The summed E-state index contributed by atoms with van der Waals surface area (Å²) < 4.78 is 31.7. The van der Waals surface area contributed by atoms with Crippen molar-refractivity contribution in [1.82, 2.24) is 4.31 Å². The summed E-state index contributed by atoms with van der Waals surface area (Å²) in [5, 5.41) is 2.69. The monoisotopic (exact) mass is 488 g/mol. The van der Waals surface area contributed by atoms with Crippen molar-refractivity contribution in [1.29, 1.82) is 0 Å². The Kier molecular flexibility index (Phi) is 6.91. The van der Waals surface area contributed by atoms with Crippen LogP contribution in [-0.2, 0) is 14.8 Å². The second-order valence-corrected chi connectivity index (χ2v) is 9.67. The summed E-state index contributed by atoms with van der Waals surface area (Å²) >= 11 is 3.48. The first-order chi connectivity index (χ1) is 14.3. The molecule has 0 radical (unpaired) electrons. The van der Waals surface area contributed by atoms with E-state index in [1.165, 1.54) is 26.2 Å². The molecule has 0 bridgehead atoms. The third-order valence-electron chi connectivity index (χ3n) is 4.31. The highest BCUT2D eigenvalue weighted by atomic mass is 79.9. The van der Waals surface area contributed by atoms with E-state index in [0.717, 1.165) is 19.9 Å². The van der Waals surface area contributed by atoms with Gasteiger partial charge in [-0.2, -0.15) is 0 Å². The summed E-state index contributed by atoms with van der Waals surface area (Å²) in [6.45, 7) is -0.180. The summed E-state index contributed by atoms with van der Waals surface area (Å²) in [6, 6.07) is 21.6.